The summed E-state index contributed by atoms with van der Waals surface area (Å²) in [5, 5.41) is 13.9. The predicted molar refractivity (Wildman–Crippen MR) is 121 cm³/mol. The Kier molecular flexibility index (Phi) is 7.82. The number of ether oxygens (including phenoxy) is 1. The van der Waals surface area contributed by atoms with E-state index in [4.69, 9.17) is 27.9 Å². The number of rotatable bonds is 9. The van der Waals surface area contributed by atoms with E-state index < -0.39 is 17.6 Å². The van der Waals surface area contributed by atoms with Crippen molar-refractivity contribution in [2.24, 2.45) is 0 Å². The van der Waals surface area contributed by atoms with Crippen LogP contribution in [0.5, 0.6) is 5.75 Å². The average Bonchev–Trinajstić information content (AvgIpc) is 3.06. The number of methoxy groups -OCH3 is 1. The van der Waals surface area contributed by atoms with Crippen LogP contribution in [0.15, 0.2) is 53.8 Å². The van der Waals surface area contributed by atoms with Gasteiger partial charge in [0.2, 0.25) is 0 Å². The van der Waals surface area contributed by atoms with Crippen LogP contribution in [0.1, 0.15) is 17.5 Å². The highest BCUT2D eigenvalue weighted by atomic mass is 35.5. The van der Waals surface area contributed by atoms with Crippen molar-refractivity contribution >= 4 is 35.0 Å². The predicted octanol–water partition coefficient (Wildman–Crippen LogP) is 3.95. The molecule has 1 heterocycles. The van der Waals surface area contributed by atoms with Gasteiger partial charge in [-0.2, -0.15) is 0 Å². The van der Waals surface area contributed by atoms with Crippen LogP contribution in [0.25, 0.3) is 0 Å². The fourth-order valence-corrected chi connectivity index (χ4v) is 3.69. The van der Waals surface area contributed by atoms with Gasteiger partial charge >= 0.3 is 0 Å². The van der Waals surface area contributed by atoms with Crippen molar-refractivity contribution in [1.29, 1.82) is 0 Å². The number of benzene rings is 2. The summed E-state index contributed by atoms with van der Waals surface area (Å²) in [5.74, 6) is -0.687. The smallest absolute Gasteiger partial charge is 0.289 e. The molecule has 0 spiro atoms. The number of halogens is 2. The molecule has 1 aliphatic heterocycles. The lowest BCUT2D eigenvalue weighted by atomic mass is 10.1. The molecule has 2 aromatic carbocycles. The number of carbonyl (C=O) groups is 2. The zero-order valence-corrected chi connectivity index (χ0v) is 18.7. The van der Waals surface area contributed by atoms with E-state index in [1.54, 1.807) is 19.2 Å². The summed E-state index contributed by atoms with van der Waals surface area (Å²) < 4.78 is 5.21. The number of aliphatic hydroxyl groups is 1. The second kappa shape index (κ2) is 10.6. The minimum absolute atomic E-state index is 0.0905. The Morgan fingerprint density at radius 2 is 1.90 bits per heavy atom. The molecule has 0 saturated carbocycles. The van der Waals surface area contributed by atoms with Gasteiger partial charge in [0.1, 0.15) is 5.75 Å². The third-order valence-corrected chi connectivity index (χ3v) is 5.85. The van der Waals surface area contributed by atoms with Gasteiger partial charge in [-0.05, 0) is 54.7 Å². The Balaban J connectivity index is 1.47. The van der Waals surface area contributed by atoms with Gasteiger partial charge in [0.25, 0.3) is 11.8 Å². The van der Waals surface area contributed by atoms with E-state index in [0.717, 1.165) is 16.9 Å². The molecule has 0 aromatic heterocycles. The van der Waals surface area contributed by atoms with Crippen LogP contribution < -0.4 is 10.1 Å². The quantitative estimate of drug-likeness (QED) is 0.553. The molecule has 2 amide bonds. The van der Waals surface area contributed by atoms with Gasteiger partial charge in [0, 0.05) is 13.1 Å². The van der Waals surface area contributed by atoms with Gasteiger partial charge in [0.15, 0.2) is 5.76 Å². The Labute approximate surface area is 191 Å². The largest absolute Gasteiger partial charge is 0.503 e. The van der Waals surface area contributed by atoms with E-state index in [1.807, 2.05) is 30.3 Å². The number of carbonyl (C=O) groups excluding carboxylic acids is 2. The van der Waals surface area contributed by atoms with Crippen LogP contribution in [-0.4, -0.2) is 48.6 Å². The summed E-state index contributed by atoms with van der Waals surface area (Å²) in [6, 6.07) is 13.0. The van der Waals surface area contributed by atoms with Crippen LogP contribution in [-0.2, 0) is 22.4 Å². The summed E-state index contributed by atoms with van der Waals surface area (Å²) in [6.07, 6.45) is 1.99. The summed E-state index contributed by atoms with van der Waals surface area (Å²) in [4.78, 5) is 26.3. The number of aliphatic hydroxyl groups excluding tert-OH is 1. The number of aryl methyl sites for hydroxylation is 1. The zero-order valence-electron chi connectivity index (χ0n) is 17.2. The molecule has 0 bridgehead atoms. The van der Waals surface area contributed by atoms with E-state index in [1.165, 1.54) is 4.90 Å². The molecule has 2 aromatic rings. The van der Waals surface area contributed by atoms with E-state index in [9.17, 15) is 14.7 Å². The van der Waals surface area contributed by atoms with Gasteiger partial charge < -0.3 is 20.1 Å². The first kappa shape index (κ1) is 23.0. The molecule has 0 unspecified atom stereocenters. The molecule has 1 aliphatic rings. The fraction of sp³-hybridized carbons (Fsp3) is 0.304. The van der Waals surface area contributed by atoms with Crippen LogP contribution in [0, 0.1) is 0 Å². The van der Waals surface area contributed by atoms with Gasteiger partial charge in [0.05, 0.1) is 29.3 Å². The fourth-order valence-electron chi connectivity index (χ4n) is 3.36. The van der Waals surface area contributed by atoms with E-state index in [-0.39, 0.29) is 12.1 Å². The highest BCUT2D eigenvalue weighted by Crippen LogP contribution is 2.23. The molecule has 0 aliphatic carbocycles. The Bertz CT molecular complexity index is 1010. The lowest BCUT2D eigenvalue weighted by molar-refractivity contribution is -0.127. The number of hydrogen-bond acceptors (Lipinski definition) is 4. The van der Waals surface area contributed by atoms with Crippen molar-refractivity contribution in [2.75, 3.05) is 26.7 Å². The maximum absolute atomic E-state index is 12.5. The number of amides is 2. The standard InChI is InChI=1S/C23H24Cl2N2O4/c1-31-17-6-2-4-16(12-17)9-11-27-14-18(21(28)23(27)30)22(29)26-10-3-5-15-7-8-19(24)20(25)13-15/h2,4,6-8,12-13,28H,3,5,9-11,14H2,1H3,(H,26,29). The first-order valence-electron chi connectivity index (χ1n) is 9.95. The second-order valence-corrected chi connectivity index (χ2v) is 8.08. The summed E-state index contributed by atoms with van der Waals surface area (Å²) in [5.41, 5.74) is 2.13. The lowest BCUT2D eigenvalue weighted by Crippen LogP contribution is -2.32. The van der Waals surface area contributed by atoms with Gasteiger partial charge in [-0.3, -0.25) is 9.59 Å². The SMILES string of the molecule is COc1cccc(CCN2CC(C(=O)NCCCc3ccc(Cl)c(Cl)c3)=C(O)C2=O)c1. The highest BCUT2D eigenvalue weighted by Gasteiger charge is 2.33. The van der Waals surface area contributed by atoms with Crippen LogP contribution >= 0.6 is 23.2 Å². The van der Waals surface area contributed by atoms with E-state index in [0.29, 0.717) is 42.4 Å². The van der Waals surface area contributed by atoms with Crippen molar-refractivity contribution in [2.45, 2.75) is 19.3 Å². The third kappa shape index (κ3) is 5.93. The first-order valence-corrected chi connectivity index (χ1v) is 10.7. The molecule has 0 radical (unpaired) electrons. The third-order valence-electron chi connectivity index (χ3n) is 5.12. The maximum Gasteiger partial charge on any atom is 0.289 e. The van der Waals surface area contributed by atoms with Crippen molar-refractivity contribution < 1.29 is 19.4 Å². The Hall–Kier alpha value is -2.70. The summed E-state index contributed by atoms with van der Waals surface area (Å²) in [7, 11) is 1.60. The molecular formula is C23H24Cl2N2O4. The molecule has 8 heteroatoms. The molecule has 31 heavy (non-hydrogen) atoms. The van der Waals surface area contributed by atoms with Crippen molar-refractivity contribution in [3.05, 3.63) is 75.0 Å². The molecule has 3 rings (SSSR count). The molecule has 2 N–H and O–H groups in total. The lowest BCUT2D eigenvalue weighted by Gasteiger charge is -2.16. The first-order chi connectivity index (χ1) is 14.9. The highest BCUT2D eigenvalue weighted by molar-refractivity contribution is 6.42. The van der Waals surface area contributed by atoms with Crippen LogP contribution in [0.4, 0.5) is 0 Å². The number of nitrogens with zero attached hydrogens (tertiary/aromatic N) is 1. The van der Waals surface area contributed by atoms with E-state index in [2.05, 4.69) is 5.32 Å². The van der Waals surface area contributed by atoms with Gasteiger partial charge in [-0.25, -0.2) is 0 Å². The van der Waals surface area contributed by atoms with E-state index >= 15 is 0 Å². The molecule has 0 fully saturated rings. The van der Waals surface area contributed by atoms with Crippen molar-refractivity contribution in [3.63, 3.8) is 0 Å². The second-order valence-electron chi connectivity index (χ2n) is 7.26. The van der Waals surface area contributed by atoms with Gasteiger partial charge in [-0.1, -0.05) is 41.4 Å². The summed E-state index contributed by atoms with van der Waals surface area (Å²) in [6.45, 7) is 0.894. The van der Waals surface area contributed by atoms with Crippen molar-refractivity contribution in [3.8, 4) is 5.75 Å². The molecule has 164 valence electrons. The maximum atomic E-state index is 12.5. The topological polar surface area (TPSA) is 78.9 Å². The molecule has 0 atom stereocenters. The summed E-state index contributed by atoms with van der Waals surface area (Å²) >= 11 is 11.9. The normalized spacial score (nSPS) is 13.6. The molecular weight excluding hydrogens is 439 g/mol. The van der Waals surface area contributed by atoms with Crippen LogP contribution in [0.3, 0.4) is 0 Å². The van der Waals surface area contributed by atoms with Gasteiger partial charge in [-0.15, -0.1) is 0 Å². The Morgan fingerprint density at radius 1 is 1.13 bits per heavy atom. The van der Waals surface area contributed by atoms with Crippen LogP contribution in [0.2, 0.25) is 10.0 Å². The minimum Gasteiger partial charge on any atom is -0.503 e. The zero-order chi connectivity index (χ0) is 22.4. The number of hydrogen-bond donors (Lipinski definition) is 2. The average molecular weight is 463 g/mol. The monoisotopic (exact) mass is 462 g/mol. The Morgan fingerprint density at radius 3 is 2.65 bits per heavy atom. The molecule has 6 nitrogen and oxygen atoms in total. The molecule has 0 saturated heterocycles. The number of nitrogens with one attached hydrogen (secondary N) is 1. The van der Waals surface area contributed by atoms with Crippen molar-refractivity contribution in [1.82, 2.24) is 10.2 Å². The minimum atomic E-state index is -0.524.